The van der Waals surface area contributed by atoms with E-state index in [0.717, 1.165) is 24.8 Å². The maximum Gasteiger partial charge on any atom is 0.175 e. The number of halogens is 1. The van der Waals surface area contributed by atoms with Gasteiger partial charge in [0.2, 0.25) is 0 Å². The van der Waals surface area contributed by atoms with Crippen LogP contribution in [-0.4, -0.2) is 9.71 Å². The van der Waals surface area contributed by atoms with Crippen molar-refractivity contribution in [3.63, 3.8) is 0 Å². The fourth-order valence-electron chi connectivity index (χ4n) is 1.30. The summed E-state index contributed by atoms with van der Waals surface area (Å²) in [6.07, 6.45) is 3.28. The minimum absolute atomic E-state index is 0.134. The van der Waals surface area contributed by atoms with E-state index in [1.54, 1.807) is 0 Å². The van der Waals surface area contributed by atoms with Crippen LogP contribution < -0.4 is 0 Å². The first-order chi connectivity index (χ1) is 6.75. The Kier molecular flexibility index (Phi) is 5.15. The molecule has 0 fully saturated rings. The molecule has 1 unspecified atom stereocenters. The van der Waals surface area contributed by atoms with Crippen molar-refractivity contribution in [2.24, 2.45) is 0 Å². The Bertz CT molecular complexity index is 282. The molecule has 0 heterocycles. The standard InChI is InChI=1S/C12H15IO/c1-2-3-9-11(13)12(14)10-7-5-4-6-8-10/h4-8,11H,2-3,9H2,1H3. The zero-order valence-corrected chi connectivity index (χ0v) is 10.5. The lowest BCUT2D eigenvalue weighted by atomic mass is 10.1. The number of alkyl halides is 1. The van der Waals surface area contributed by atoms with E-state index in [1.165, 1.54) is 0 Å². The van der Waals surface area contributed by atoms with Gasteiger partial charge in [-0.15, -0.1) is 0 Å². The summed E-state index contributed by atoms with van der Waals surface area (Å²) in [7, 11) is 0. The van der Waals surface area contributed by atoms with Crippen LogP contribution in [0.2, 0.25) is 0 Å². The predicted octanol–water partition coefficient (Wildman–Crippen LogP) is 3.86. The molecule has 0 saturated heterocycles. The number of carbonyl (C=O) groups excluding carboxylic acids is 1. The Hall–Kier alpha value is -0.380. The monoisotopic (exact) mass is 302 g/mol. The molecule has 1 aromatic rings. The summed E-state index contributed by atoms with van der Waals surface area (Å²) in [5, 5.41) is 0. The van der Waals surface area contributed by atoms with Crippen molar-refractivity contribution in [3.8, 4) is 0 Å². The van der Waals surface area contributed by atoms with E-state index >= 15 is 0 Å². The summed E-state index contributed by atoms with van der Waals surface area (Å²) in [6, 6.07) is 9.54. The van der Waals surface area contributed by atoms with E-state index in [4.69, 9.17) is 0 Å². The molecule has 0 saturated carbocycles. The Morgan fingerprint density at radius 2 is 2.00 bits per heavy atom. The van der Waals surface area contributed by atoms with Crippen molar-refractivity contribution < 1.29 is 4.79 Å². The van der Waals surface area contributed by atoms with Gasteiger partial charge in [-0.25, -0.2) is 0 Å². The van der Waals surface area contributed by atoms with Crippen LogP contribution in [-0.2, 0) is 0 Å². The highest BCUT2D eigenvalue weighted by Gasteiger charge is 2.15. The molecule has 0 amide bonds. The lowest BCUT2D eigenvalue weighted by molar-refractivity contribution is 0.0991. The summed E-state index contributed by atoms with van der Waals surface area (Å²) < 4.78 is 0.134. The minimum atomic E-state index is 0.134. The zero-order chi connectivity index (χ0) is 10.4. The molecule has 0 aliphatic carbocycles. The largest absolute Gasteiger partial charge is 0.293 e. The highest BCUT2D eigenvalue weighted by Crippen LogP contribution is 2.16. The van der Waals surface area contributed by atoms with Crippen molar-refractivity contribution >= 4 is 28.4 Å². The van der Waals surface area contributed by atoms with Crippen molar-refractivity contribution in [1.29, 1.82) is 0 Å². The van der Waals surface area contributed by atoms with Crippen LogP contribution in [0.15, 0.2) is 30.3 Å². The Morgan fingerprint density at radius 3 is 2.57 bits per heavy atom. The van der Waals surface area contributed by atoms with Crippen molar-refractivity contribution in [2.75, 3.05) is 0 Å². The van der Waals surface area contributed by atoms with E-state index in [-0.39, 0.29) is 9.71 Å². The summed E-state index contributed by atoms with van der Waals surface area (Å²) in [5.74, 6) is 0.264. The Balaban J connectivity index is 2.57. The number of ketones is 1. The smallest absolute Gasteiger partial charge is 0.175 e. The average Bonchev–Trinajstić information content (AvgIpc) is 2.26. The fraction of sp³-hybridized carbons (Fsp3) is 0.417. The molecule has 76 valence electrons. The third kappa shape index (κ3) is 3.40. The number of benzene rings is 1. The fourth-order valence-corrected chi connectivity index (χ4v) is 2.10. The third-order valence-electron chi connectivity index (χ3n) is 2.15. The molecule has 0 aromatic heterocycles. The van der Waals surface area contributed by atoms with Gasteiger partial charge in [0.1, 0.15) is 0 Å². The zero-order valence-electron chi connectivity index (χ0n) is 8.37. The minimum Gasteiger partial charge on any atom is -0.293 e. The summed E-state index contributed by atoms with van der Waals surface area (Å²) in [5.41, 5.74) is 0.836. The van der Waals surface area contributed by atoms with Gasteiger partial charge in [-0.05, 0) is 6.42 Å². The van der Waals surface area contributed by atoms with Crippen LogP contribution in [0, 0.1) is 0 Å². The quantitative estimate of drug-likeness (QED) is 0.458. The van der Waals surface area contributed by atoms with Crippen LogP contribution in [0.1, 0.15) is 36.5 Å². The predicted molar refractivity (Wildman–Crippen MR) is 68.1 cm³/mol. The molecule has 0 N–H and O–H groups in total. The van der Waals surface area contributed by atoms with Crippen molar-refractivity contribution in [3.05, 3.63) is 35.9 Å². The van der Waals surface area contributed by atoms with Gasteiger partial charge in [0.15, 0.2) is 5.78 Å². The second-order valence-corrected chi connectivity index (χ2v) is 4.84. The van der Waals surface area contributed by atoms with Gasteiger partial charge in [-0.2, -0.15) is 0 Å². The van der Waals surface area contributed by atoms with E-state index < -0.39 is 0 Å². The van der Waals surface area contributed by atoms with Crippen LogP contribution in [0.3, 0.4) is 0 Å². The summed E-state index contributed by atoms with van der Waals surface area (Å²) in [4.78, 5) is 11.8. The molecular formula is C12H15IO. The molecule has 1 atom stereocenters. The Morgan fingerprint density at radius 1 is 1.36 bits per heavy atom. The molecule has 1 rings (SSSR count). The topological polar surface area (TPSA) is 17.1 Å². The molecule has 1 aromatic carbocycles. The van der Waals surface area contributed by atoms with Gasteiger partial charge in [0.25, 0.3) is 0 Å². The summed E-state index contributed by atoms with van der Waals surface area (Å²) in [6.45, 7) is 2.15. The molecule has 0 bridgehead atoms. The molecule has 0 radical (unpaired) electrons. The number of carbonyl (C=O) groups is 1. The van der Waals surface area contributed by atoms with E-state index in [2.05, 4.69) is 29.5 Å². The van der Waals surface area contributed by atoms with Crippen LogP contribution in [0.25, 0.3) is 0 Å². The number of Topliss-reactive ketones (excluding diaryl/α,β-unsaturated/α-hetero) is 1. The maximum atomic E-state index is 11.8. The molecule has 0 aliphatic heterocycles. The van der Waals surface area contributed by atoms with Crippen LogP contribution >= 0.6 is 22.6 Å². The lowest BCUT2D eigenvalue weighted by Crippen LogP contribution is -2.13. The number of unbranched alkanes of at least 4 members (excludes halogenated alkanes) is 1. The normalized spacial score (nSPS) is 12.4. The number of rotatable bonds is 5. The number of hydrogen-bond donors (Lipinski definition) is 0. The molecular weight excluding hydrogens is 287 g/mol. The highest BCUT2D eigenvalue weighted by molar-refractivity contribution is 14.1. The third-order valence-corrected chi connectivity index (χ3v) is 3.34. The average molecular weight is 302 g/mol. The van der Waals surface area contributed by atoms with Crippen molar-refractivity contribution in [1.82, 2.24) is 0 Å². The second-order valence-electron chi connectivity index (χ2n) is 3.34. The first kappa shape index (κ1) is 11.7. The van der Waals surface area contributed by atoms with Gasteiger partial charge < -0.3 is 0 Å². The number of hydrogen-bond acceptors (Lipinski definition) is 1. The molecule has 1 nitrogen and oxygen atoms in total. The summed E-state index contributed by atoms with van der Waals surface area (Å²) >= 11 is 2.24. The second kappa shape index (κ2) is 6.17. The molecule has 14 heavy (non-hydrogen) atoms. The van der Waals surface area contributed by atoms with E-state index in [0.29, 0.717) is 0 Å². The van der Waals surface area contributed by atoms with Crippen LogP contribution in [0.5, 0.6) is 0 Å². The SMILES string of the molecule is CCCCC(I)C(=O)c1ccccc1. The van der Waals surface area contributed by atoms with Crippen molar-refractivity contribution in [2.45, 2.75) is 30.1 Å². The molecule has 0 aliphatic rings. The molecule has 2 heteroatoms. The lowest BCUT2D eigenvalue weighted by Gasteiger charge is -2.07. The van der Waals surface area contributed by atoms with Crippen LogP contribution in [0.4, 0.5) is 0 Å². The van der Waals surface area contributed by atoms with E-state index in [1.807, 2.05) is 30.3 Å². The maximum absolute atomic E-state index is 11.8. The molecule has 0 spiro atoms. The van der Waals surface area contributed by atoms with Gasteiger partial charge >= 0.3 is 0 Å². The Labute approximate surface area is 99.0 Å². The van der Waals surface area contributed by atoms with Gasteiger partial charge in [-0.1, -0.05) is 72.7 Å². The van der Waals surface area contributed by atoms with E-state index in [9.17, 15) is 4.79 Å². The van der Waals surface area contributed by atoms with Gasteiger partial charge in [0, 0.05) is 5.56 Å². The first-order valence-corrected chi connectivity index (χ1v) is 6.23. The van der Waals surface area contributed by atoms with Gasteiger partial charge in [-0.3, -0.25) is 4.79 Å². The first-order valence-electron chi connectivity index (χ1n) is 4.99. The van der Waals surface area contributed by atoms with Gasteiger partial charge in [0.05, 0.1) is 3.92 Å². The highest BCUT2D eigenvalue weighted by atomic mass is 127.